The third-order valence-corrected chi connectivity index (χ3v) is 3.14. The molecule has 0 fully saturated rings. The first-order chi connectivity index (χ1) is 7.84. The Balaban J connectivity index is 1.70. The minimum Gasteiger partial charge on any atom is -0.311 e. The number of rotatable bonds is 5. The Hall–Kier alpha value is -1.19. The van der Waals surface area contributed by atoms with Crippen LogP contribution in [0.1, 0.15) is 16.8 Å². The van der Waals surface area contributed by atoms with E-state index in [1.54, 1.807) is 11.3 Å². The summed E-state index contributed by atoms with van der Waals surface area (Å²) in [6.07, 6.45) is 1.07. The Morgan fingerprint density at radius 1 is 1.25 bits per heavy atom. The van der Waals surface area contributed by atoms with Crippen molar-refractivity contribution >= 4 is 11.3 Å². The van der Waals surface area contributed by atoms with E-state index < -0.39 is 0 Å². The molecule has 3 heteroatoms. The Labute approximate surface area is 100 Å². The maximum Gasteiger partial charge on any atom is 0.0795 e. The van der Waals surface area contributed by atoms with Gasteiger partial charge in [-0.05, 0) is 25.5 Å². The van der Waals surface area contributed by atoms with Crippen molar-refractivity contribution in [2.24, 2.45) is 0 Å². The highest BCUT2D eigenvalue weighted by Gasteiger charge is 1.95. The lowest BCUT2D eigenvalue weighted by atomic mass is 10.1. The molecule has 16 heavy (non-hydrogen) atoms. The summed E-state index contributed by atoms with van der Waals surface area (Å²) in [5, 5.41) is 5.48. The molecule has 1 aromatic heterocycles. The average Bonchev–Trinajstić information content (AvgIpc) is 2.80. The first-order valence-electron chi connectivity index (χ1n) is 5.48. The van der Waals surface area contributed by atoms with E-state index in [1.165, 1.54) is 11.1 Å². The zero-order valence-electron chi connectivity index (χ0n) is 9.44. The molecule has 1 aromatic carbocycles. The molecule has 0 bridgehead atoms. The lowest BCUT2D eigenvalue weighted by Crippen LogP contribution is -2.16. The van der Waals surface area contributed by atoms with Crippen molar-refractivity contribution in [2.75, 3.05) is 6.54 Å². The van der Waals surface area contributed by atoms with Crippen LogP contribution in [0, 0.1) is 6.92 Å². The highest BCUT2D eigenvalue weighted by atomic mass is 32.1. The molecule has 0 saturated heterocycles. The second kappa shape index (κ2) is 5.77. The van der Waals surface area contributed by atoms with E-state index in [0.717, 1.165) is 25.2 Å². The first-order valence-corrected chi connectivity index (χ1v) is 6.42. The van der Waals surface area contributed by atoms with Gasteiger partial charge >= 0.3 is 0 Å². The summed E-state index contributed by atoms with van der Waals surface area (Å²) in [5.74, 6) is 0. The van der Waals surface area contributed by atoms with Crippen molar-refractivity contribution < 1.29 is 0 Å². The fraction of sp³-hybridized carbons (Fsp3) is 0.308. The van der Waals surface area contributed by atoms with Crippen molar-refractivity contribution in [2.45, 2.75) is 19.9 Å². The smallest absolute Gasteiger partial charge is 0.0795 e. The van der Waals surface area contributed by atoms with Crippen LogP contribution in [0.2, 0.25) is 0 Å². The normalized spacial score (nSPS) is 10.6. The molecule has 0 aliphatic rings. The van der Waals surface area contributed by atoms with Crippen LogP contribution in [-0.2, 0) is 13.0 Å². The monoisotopic (exact) mass is 232 g/mol. The topological polar surface area (TPSA) is 24.9 Å². The summed E-state index contributed by atoms with van der Waals surface area (Å²) in [6, 6.07) is 8.71. The van der Waals surface area contributed by atoms with Crippen LogP contribution in [0.25, 0.3) is 0 Å². The van der Waals surface area contributed by atoms with Crippen LogP contribution < -0.4 is 5.32 Å². The van der Waals surface area contributed by atoms with E-state index in [0.29, 0.717) is 0 Å². The number of benzene rings is 1. The van der Waals surface area contributed by atoms with Gasteiger partial charge in [-0.1, -0.05) is 29.8 Å². The summed E-state index contributed by atoms with van der Waals surface area (Å²) in [5.41, 5.74) is 5.71. The van der Waals surface area contributed by atoms with Crippen molar-refractivity contribution in [3.05, 3.63) is 52.0 Å². The van der Waals surface area contributed by atoms with E-state index >= 15 is 0 Å². The average molecular weight is 232 g/mol. The van der Waals surface area contributed by atoms with E-state index in [4.69, 9.17) is 0 Å². The third kappa shape index (κ3) is 3.43. The summed E-state index contributed by atoms with van der Waals surface area (Å²) < 4.78 is 0. The molecule has 1 N–H and O–H groups in total. The molecule has 0 saturated carbocycles. The molecule has 0 unspecified atom stereocenters. The molecule has 0 atom stereocenters. The maximum atomic E-state index is 4.23. The molecular formula is C13H16N2S. The van der Waals surface area contributed by atoms with E-state index in [9.17, 15) is 0 Å². The van der Waals surface area contributed by atoms with Gasteiger partial charge in [-0.25, -0.2) is 4.98 Å². The van der Waals surface area contributed by atoms with Gasteiger partial charge in [0.05, 0.1) is 11.2 Å². The molecule has 84 valence electrons. The molecule has 2 rings (SSSR count). The largest absolute Gasteiger partial charge is 0.311 e. The molecule has 2 aromatic rings. The fourth-order valence-corrected chi connectivity index (χ4v) is 2.09. The molecule has 2 nitrogen and oxygen atoms in total. The number of aromatic nitrogens is 1. The van der Waals surface area contributed by atoms with E-state index in [-0.39, 0.29) is 0 Å². The standard InChI is InChI=1S/C13H16N2S/c1-11-2-4-12(5-3-11)6-7-14-8-13-9-16-10-15-13/h2-5,9-10,14H,6-8H2,1H3. The Bertz CT molecular complexity index is 406. The Morgan fingerprint density at radius 3 is 2.75 bits per heavy atom. The van der Waals surface area contributed by atoms with Crippen molar-refractivity contribution in [1.29, 1.82) is 0 Å². The summed E-state index contributed by atoms with van der Waals surface area (Å²) in [7, 11) is 0. The van der Waals surface area contributed by atoms with Gasteiger partial charge in [0.15, 0.2) is 0 Å². The predicted molar refractivity (Wildman–Crippen MR) is 68.7 cm³/mol. The van der Waals surface area contributed by atoms with Gasteiger partial charge in [-0.3, -0.25) is 0 Å². The second-order valence-corrected chi connectivity index (χ2v) is 4.61. The number of hydrogen-bond donors (Lipinski definition) is 1. The van der Waals surface area contributed by atoms with Gasteiger partial charge in [0.2, 0.25) is 0 Å². The predicted octanol–water partition coefficient (Wildman–Crippen LogP) is 2.78. The number of aryl methyl sites for hydroxylation is 1. The minimum atomic E-state index is 0.870. The first kappa shape index (κ1) is 11.3. The molecule has 0 aliphatic carbocycles. The zero-order valence-corrected chi connectivity index (χ0v) is 10.3. The van der Waals surface area contributed by atoms with E-state index in [2.05, 4.69) is 46.9 Å². The van der Waals surface area contributed by atoms with Gasteiger partial charge in [0.25, 0.3) is 0 Å². The lowest BCUT2D eigenvalue weighted by molar-refractivity contribution is 0.677. The van der Waals surface area contributed by atoms with Crippen LogP contribution in [0.3, 0.4) is 0 Å². The van der Waals surface area contributed by atoms with Crippen molar-refractivity contribution in [3.63, 3.8) is 0 Å². The minimum absolute atomic E-state index is 0.870. The summed E-state index contributed by atoms with van der Waals surface area (Å²) in [4.78, 5) is 4.23. The molecule has 0 amide bonds. The van der Waals surface area contributed by atoms with Gasteiger partial charge in [-0.15, -0.1) is 11.3 Å². The molecule has 0 spiro atoms. The number of thiazole rings is 1. The van der Waals surface area contributed by atoms with Gasteiger partial charge < -0.3 is 5.32 Å². The second-order valence-electron chi connectivity index (χ2n) is 3.89. The maximum absolute atomic E-state index is 4.23. The molecule has 0 radical (unpaired) electrons. The Morgan fingerprint density at radius 2 is 2.06 bits per heavy atom. The highest BCUT2D eigenvalue weighted by Crippen LogP contribution is 2.03. The summed E-state index contributed by atoms with van der Waals surface area (Å²) in [6.45, 7) is 3.99. The number of hydrogen-bond acceptors (Lipinski definition) is 3. The summed E-state index contributed by atoms with van der Waals surface area (Å²) >= 11 is 1.64. The van der Waals surface area contributed by atoms with Gasteiger partial charge in [0, 0.05) is 11.9 Å². The van der Waals surface area contributed by atoms with E-state index in [1.807, 2.05) is 5.51 Å². The SMILES string of the molecule is Cc1ccc(CCNCc2cscn2)cc1. The van der Waals surface area contributed by atoms with Crippen LogP contribution in [0.4, 0.5) is 0 Å². The van der Waals surface area contributed by atoms with Crippen LogP contribution >= 0.6 is 11.3 Å². The van der Waals surface area contributed by atoms with Crippen molar-refractivity contribution in [1.82, 2.24) is 10.3 Å². The van der Waals surface area contributed by atoms with Crippen LogP contribution in [0.5, 0.6) is 0 Å². The molecule has 0 aliphatic heterocycles. The number of nitrogens with one attached hydrogen (secondary N) is 1. The van der Waals surface area contributed by atoms with Crippen LogP contribution in [0.15, 0.2) is 35.2 Å². The molecular weight excluding hydrogens is 216 g/mol. The lowest BCUT2D eigenvalue weighted by Gasteiger charge is -2.03. The zero-order chi connectivity index (χ0) is 11.2. The van der Waals surface area contributed by atoms with Crippen LogP contribution in [-0.4, -0.2) is 11.5 Å². The van der Waals surface area contributed by atoms with Gasteiger partial charge in [0.1, 0.15) is 0 Å². The van der Waals surface area contributed by atoms with Gasteiger partial charge in [-0.2, -0.15) is 0 Å². The number of nitrogens with zero attached hydrogens (tertiary/aromatic N) is 1. The van der Waals surface area contributed by atoms with Crippen molar-refractivity contribution in [3.8, 4) is 0 Å². The fourth-order valence-electron chi connectivity index (χ4n) is 1.53. The Kier molecular flexibility index (Phi) is 4.08. The molecule has 1 heterocycles. The third-order valence-electron chi connectivity index (χ3n) is 2.50. The highest BCUT2D eigenvalue weighted by molar-refractivity contribution is 7.07. The quantitative estimate of drug-likeness (QED) is 0.802.